The van der Waals surface area contributed by atoms with Gasteiger partial charge in [-0.15, -0.1) is 0 Å². The zero-order valence-corrected chi connectivity index (χ0v) is 8.65. The van der Waals surface area contributed by atoms with Crippen LogP contribution in [0.3, 0.4) is 0 Å². The lowest BCUT2D eigenvalue weighted by atomic mass is 10.3. The van der Waals surface area contributed by atoms with Crippen LogP contribution < -0.4 is 0 Å². The second-order valence-electron chi connectivity index (χ2n) is 2.20. The summed E-state index contributed by atoms with van der Waals surface area (Å²) in [6, 6.07) is 0. The van der Waals surface area contributed by atoms with Crippen LogP contribution in [-0.2, 0) is 9.53 Å². The molecule has 0 aromatic carbocycles. The van der Waals surface area contributed by atoms with Crippen LogP contribution in [0.25, 0.3) is 0 Å². The van der Waals surface area contributed by atoms with Crippen molar-refractivity contribution in [2.24, 2.45) is 0 Å². The van der Waals surface area contributed by atoms with Gasteiger partial charge in [-0.1, -0.05) is 13.3 Å². The van der Waals surface area contributed by atoms with Crippen LogP contribution in [0.4, 0.5) is 0 Å². The van der Waals surface area contributed by atoms with Gasteiger partial charge in [0.15, 0.2) is 6.29 Å². The molecule has 5 nitrogen and oxygen atoms in total. The lowest BCUT2D eigenvalue weighted by Crippen LogP contribution is -2.01. The summed E-state index contributed by atoms with van der Waals surface area (Å²) in [4.78, 5) is 9.00. The Kier molecular flexibility index (Phi) is 24.4. The summed E-state index contributed by atoms with van der Waals surface area (Å²) in [5.74, 6) is -0.833. The average molecular weight is 196 g/mol. The van der Waals surface area contributed by atoms with Gasteiger partial charge in [0.1, 0.15) is 0 Å². The van der Waals surface area contributed by atoms with Gasteiger partial charge >= 0.3 is 0 Å². The molecule has 0 atom stereocenters. The third-order valence-electron chi connectivity index (χ3n) is 0.547. The number of methoxy groups -OCH3 is 1. The van der Waals surface area contributed by atoms with Gasteiger partial charge in [0.05, 0.1) is 0 Å². The van der Waals surface area contributed by atoms with Crippen molar-refractivity contribution in [3.63, 3.8) is 0 Å². The molecule has 0 aromatic heterocycles. The number of carboxylic acids is 1. The third kappa shape index (κ3) is 180. The molecule has 0 aliphatic rings. The standard InChI is InChI=1S/C4H10O2.C2H4O2.C2H6O/c1-2-3-4(5)6;1-2(3)4;1-3-2/h4-6H,2-3H2,1H3;1H3,(H,3,4);1-2H3. The lowest BCUT2D eigenvalue weighted by Gasteiger charge is -1.94. The highest BCUT2D eigenvalue weighted by molar-refractivity contribution is 5.62. The van der Waals surface area contributed by atoms with Gasteiger partial charge < -0.3 is 20.1 Å². The first kappa shape index (κ1) is 18.2. The third-order valence-corrected chi connectivity index (χ3v) is 0.547. The van der Waals surface area contributed by atoms with Crippen molar-refractivity contribution in [3.05, 3.63) is 0 Å². The maximum absolute atomic E-state index is 9.00. The van der Waals surface area contributed by atoms with Crippen molar-refractivity contribution in [2.45, 2.75) is 33.0 Å². The maximum Gasteiger partial charge on any atom is 0.300 e. The summed E-state index contributed by atoms with van der Waals surface area (Å²) in [5.41, 5.74) is 0. The normalized spacial score (nSPS) is 7.92. The van der Waals surface area contributed by atoms with Crippen molar-refractivity contribution >= 4 is 5.97 Å². The molecule has 82 valence electrons. The SMILES string of the molecule is CC(=O)O.CCCC(O)O.COC. The number of carbonyl (C=O) groups is 1. The molecule has 0 radical (unpaired) electrons. The van der Waals surface area contributed by atoms with E-state index in [2.05, 4.69) is 4.74 Å². The molecule has 0 fully saturated rings. The molecular formula is C8H20O5. The number of aliphatic hydroxyl groups is 2. The first-order valence-electron chi connectivity index (χ1n) is 3.88. The Balaban J connectivity index is -0.000000125. The molecule has 0 bridgehead atoms. The number of aliphatic carboxylic acids is 1. The molecule has 0 amide bonds. The van der Waals surface area contributed by atoms with Gasteiger partial charge in [0.25, 0.3) is 5.97 Å². The average Bonchev–Trinajstić information content (AvgIpc) is 1.86. The van der Waals surface area contributed by atoms with Crippen LogP contribution in [0, 0.1) is 0 Å². The van der Waals surface area contributed by atoms with Crippen LogP contribution in [-0.4, -0.2) is 41.8 Å². The topological polar surface area (TPSA) is 87.0 Å². The minimum atomic E-state index is -1.10. The highest BCUT2D eigenvalue weighted by atomic mass is 16.5. The molecule has 0 saturated heterocycles. The van der Waals surface area contributed by atoms with E-state index in [1.807, 2.05) is 6.92 Å². The summed E-state index contributed by atoms with van der Waals surface area (Å²) < 4.78 is 4.25. The van der Waals surface area contributed by atoms with Crippen LogP contribution in [0.2, 0.25) is 0 Å². The molecule has 13 heavy (non-hydrogen) atoms. The summed E-state index contributed by atoms with van der Waals surface area (Å²) in [5, 5.41) is 23.6. The van der Waals surface area contributed by atoms with E-state index in [9.17, 15) is 0 Å². The molecule has 0 heterocycles. The lowest BCUT2D eigenvalue weighted by molar-refractivity contribution is -0.134. The first-order valence-corrected chi connectivity index (χ1v) is 3.88. The van der Waals surface area contributed by atoms with E-state index in [-0.39, 0.29) is 0 Å². The number of ether oxygens (including phenoxy) is 1. The monoisotopic (exact) mass is 196 g/mol. The fraction of sp³-hybridized carbons (Fsp3) is 0.875. The molecule has 0 aromatic rings. The summed E-state index contributed by atoms with van der Waals surface area (Å²) in [6.07, 6.45) is 0.215. The highest BCUT2D eigenvalue weighted by Gasteiger charge is 1.89. The van der Waals surface area contributed by atoms with Gasteiger partial charge in [-0.25, -0.2) is 0 Å². The van der Waals surface area contributed by atoms with E-state index in [1.54, 1.807) is 14.2 Å². The smallest absolute Gasteiger partial charge is 0.300 e. The molecule has 3 N–H and O–H groups in total. The minimum Gasteiger partial charge on any atom is -0.481 e. The molecule has 0 aliphatic carbocycles. The van der Waals surface area contributed by atoms with E-state index in [1.165, 1.54) is 0 Å². The predicted molar refractivity (Wildman–Crippen MR) is 49.4 cm³/mol. The highest BCUT2D eigenvalue weighted by Crippen LogP contribution is 1.88. The van der Waals surface area contributed by atoms with Gasteiger partial charge in [0.2, 0.25) is 0 Å². The van der Waals surface area contributed by atoms with E-state index >= 15 is 0 Å². The zero-order chi connectivity index (χ0) is 11.3. The summed E-state index contributed by atoms with van der Waals surface area (Å²) in [6.45, 7) is 2.99. The van der Waals surface area contributed by atoms with Crippen LogP contribution in [0.1, 0.15) is 26.7 Å². The van der Waals surface area contributed by atoms with Gasteiger partial charge in [-0.05, 0) is 6.42 Å². The van der Waals surface area contributed by atoms with Gasteiger partial charge in [0, 0.05) is 21.1 Å². The Morgan fingerprint density at radius 1 is 1.38 bits per heavy atom. The Labute approximate surface area is 79.0 Å². The van der Waals surface area contributed by atoms with Crippen LogP contribution >= 0.6 is 0 Å². The predicted octanol–water partition coefficient (Wildman–Crippen LogP) is 0.451. The van der Waals surface area contributed by atoms with Crippen LogP contribution in [0.15, 0.2) is 0 Å². The summed E-state index contributed by atoms with van der Waals surface area (Å²) >= 11 is 0. The molecule has 0 unspecified atom stereocenters. The second kappa shape index (κ2) is 17.4. The Hall–Kier alpha value is -0.650. The number of rotatable bonds is 2. The quantitative estimate of drug-likeness (QED) is 0.558. The number of carboxylic acid groups (broad SMARTS) is 1. The second-order valence-corrected chi connectivity index (χ2v) is 2.20. The van der Waals surface area contributed by atoms with Crippen molar-refractivity contribution in [2.75, 3.05) is 14.2 Å². The summed E-state index contributed by atoms with van der Waals surface area (Å²) in [7, 11) is 3.25. The number of hydrogen-bond acceptors (Lipinski definition) is 4. The van der Waals surface area contributed by atoms with E-state index in [0.717, 1.165) is 13.3 Å². The molecular weight excluding hydrogens is 176 g/mol. The zero-order valence-electron chi connectivity index (χ0n) is 8.65. The molecule has 0 aliphatic heterocycles. The van der Waals surface area contributed by atoms with E-state index in [4.69, 9.17) is 20.1 Å². The van der Waals surface area contributed by atoms with Crippen molar-refractivity contribution in [3.8, 4) is 0 Å². The van der Waals surface area contributed by atoms with Crippen molar-refractivity contribution in [1.82, 2.24) is 0 Å². The molecule has 5 heteroatoms. The minimum absolute atomic E-state index is 0.486. The first-order chi connectivity index (χ1) is 5.92. The van der Waals surface area contributed by atoms with Gasteiger partial charge in [-0.2, -0.15) is 0 Å². The Morgan fingerprint density at radius 2 is 1.62 bits per heavy atom. The van der Waals surface area contributed by atoms with Crippen LogP contribution in [0.5, 0.6) is 0 Å². The van der Waals surface area contributed by atoms with Crippen molar-refractivity contribution in [1.29, 1.82) is 0 Å². The number of aliphatic hydroxyl groups excluding tert-OH is 1. The molecule has 0 rings (SSSR count). The fourth-order valence-corrected chi connectivity index (χ4v) is 0.258. The maximum atomic E-state index is 9.00. The Morgan fingerprint density at radius 3 is 1.62 bits per heavy atom. The Bertz CT molecular complexity index is 88.5. The van der Waals surface area contributed by atoms with Crippen molar-refractivity contribution < 1.29 is 24.9 Å². The molecule has 0 saturated carbocycles. The van der Waals surface area contributed by atoms with E-state index in [0.29, 0.717) is 6.42 Å². The van der Waals surface area contributed by atoms with Gasteiger partial charge in [-0.3, -0.25) is 4.79 Å². The largest absolute Gasteiger partial charge is 0.481 e. The number of hydrogen-bond donors (Lipinski definition) is 3. The fourth-order valence-electron chi connectivity index (χ4n) is 0.258. The van der Waals surface area contributed by atoms with E-state index < -0.39 is 12.3 Å². The molecule has 0 spiro atoms.